The van der Waals surface area contributed by atoms with Gasteiger partial charge in [-0.25, -0.2) is 0 Å². The number of rotatable bonds is 4. The summed E-state index contributed by atoms with van der Waals surface area (Å²) in [5, 5.41) is 0. The summed E-state index contributed by atoms with van der Waals surface area (Å²) in [5.41, 5.74) is 0.721. The van der Waals surface area contributed by atoms with Crippen molar-refractivity contribution in [2.45, 2.75) is 18.9 Å². The molecule has 0 aliphatic carbocycles. The number of hydrogen-bond acceptors (Lipinski definition) is 2. The molecule has 0 heterocycles. The maximum absolute atomic E-state index is 13.1. The van der Waals surface area contributed by atoms with E-state index in [1.54, 1.807) is 37.3 Å². The largest absolute Gasteiger partial charge is 0.417 e. The predicted octanol–water partition coefficient (Wildman–Crippen LogP) is 4.84. The highest BCUT2D eigenvalue weighted by atomic mass is 19.4. The summed E-state index contributed by atoms with van der Waals surface area (Å²) < 4.78 is 49.8. The van der Waals surface area contributed by atoms with E-state index in [1.807, 2.05) is 0 Å². The van der Waals surface area contributed by atoms with Crippen molar-refractivity contribution in [3.8, 4) is 11.1 Å². The molecule has 0 amide bonds. The highest BCUT2D eigenvalue weighted by molar-refractivity contribution is 5.68. The normalized spacial score (nSPS) is 12.5. The maximum atomic E-state index is 13.1. The number of hydrogen-bond donors (Lipinski definition) is 0. The molecule has 2 nitrogen and oxygen atoms in total. The van der Waals surface area contributed by atoms with E-state index in [1.165, 1.54) is 26.4 Å². The minimum atomic E-state index is -4.39. The average Bonchev–Trinajstić information content (AvgIpc) is 2.53. The first kappa shape index (κ1) is 16.5. The second-order valence-electron chi connectivity index (χ2n) is 4.97. The fourth-order valence-electron chi connectivity index (χ4n) is 2.25. The first-order valence-electron chi connectivity index (χ1n) is 6.69. The topological polar surface area (TPSA) is 18.5 Å². The molecule has 0 spiro atoms. The molecule has 5 heteroatoms. The van der Waals surface area contributed by atoms with Gasteiger partial charge in [-0.05, 0) is 24.1 Å². The quantitative estimate of drug-likeness (QED) is 0.752. The molecule has 0 fully saturated rings. The van der Waals surface area contributed by atoms with Gasteiger partial charge in [-0.2, -0.15) is 13.2 Å². The second-order valence-corrected chi connectivity index (χ2v) is 4.97. The third-order valence-electron chi connectivity index (χ3n) is 3.73. The van der Waals surface area contributed by atoms with Crippen molar-refractivity contribution in [1.29, 1.82) is 0 Å². The van der Waals surface area contributed by atoms with Crippen LogP contribution in [-0.2, 0) is 21.4 Å². The number of benzene rings is 2. The Morgan fingerprint density at radius 1 is 0.818 bits per heavy atom. The summed E-state index contributed by atoms with van der Waals surface area (Å²) in [6.07, 6.45) is -4.39. The van der Waals surface area contributed by atoms with Crippen LogP contribution >= 0.6 is 0 Å². The van der Waals surface area contributed by atoms with E-state index in [0.29, 0.717) is 5.56 Å². The van der Waals surface area contributed by atoms with Crippen molar-refractivity contribution in [3.63, 3.8) is 0 Å². The van der Waals surface area contributed by atoms with Crippen molar-refractivity contribution < 1.29 is 22.6 Å². The van der Waals surface area contributed by atoms with Gasteiger partial charge in [0.1, 0.15) is 0 Å². The van der Waals surface area contributed by atoms with Crippen LogP contribution in [0.25, 0.3) is 11.1 Å². The van der Waals surface area contributed by atoms with Gasteiger partial charge in [0.15, 0.2) is 5.79 Å². The van der Waals surface area contributed by atoms with Crippen LogP contribution in [0.3, 0.4) is 0 Å². The minimum Gasteiger partial charge on any atom is -0.349 e. The van der Waals surface area contributed by atoms with Crippen molar-refractivity contribution in [2.75, 3.05) is 14.2 Å². The Hall–Kier alpha value is -1.85. The monoisotopic (exact) mass is 310 g/mol. The SMILES string of the molecule is COC(C)(OC)c1ccc(-c2ccccc2C(F)(F)F)cc1. The van der Waals surface area contributed by atoms with Crippen molar-refractivity contribution in [3.05, 3.63) is 59.7 Å². The van der Waals surface area contributed by atoms with Gasteiger partial charge < -0.3 is 9.47 Å². The number of halogens is 3. The maximum Gasteiger partial charge on any atom is 0.417 e. The highest BCUT2D eigenvalue weighted by Gasteiger charge is 2.33. The fraction of sp³-hybridized carbons (Fsp3) is 0.294. The van der Waals surface area contributed by atoms with E-state index < -0.39 is 17.5 Å². The predicted molar refractivity (Wildman–Crippen MR) is 78.3 cm³/mol. The average molecular weight is 310 g/mol. The molecule has 0 aromatic heterocycles. The Bertz CT molecular complexity index is 629. The van der Waals surface area contributed by atoms with Crippen LogP contribution in [0.5, 0.6) is 0 Å². The zero-order valence-electron chi connectivity index (χ0n) is 12.6. The molecule has 118 valence electrons. The van der Waals surface area contributed by atoms with E-state index in [-0.39, 0.29) is 5.56 Å². The third-order valence-corrected chi connectivity index (χ3v) is 3.73. The summed E-state index contributed by atoms with van der Waals surface area (Å²) in [7, 11) is 3.02. The Morgan fingerprint density at radius 3 is 1.86 bits per heavy atom. The highest BCUT2D eigenvalue weighted by Crippen LogP contribution is 2.37. The van der Waals surface area contributed by atoms with Crippen molar-refractivity contribution >= 4 is 0 Å². The Morgan fingerprint density at radius 2 is 1.36 bits per heavy atom. The first-order chi connectivity index (χ1) is 10.3. The van der Waals surface area contributed by atoms with Gasteiger partial charge in [-0.3, -0.25) is 0 Å². The molecule has 0 unspecified atom stereocenters. The lowest BCUT2D eigenvalue weighted by atomic mass is 9.97. The zero-order chi connectivity index (χ0) is 16.4. The van der Waals surface area contributed by atoms with E-state index >= 15 is 0 Å². The lowest BCUT2D eigenvalue weighted by Gasteiger charge is -2.27. The summed E-state index contributed by atoms with van der Waals surface area (Å²) >= 11 is 0. The molecule has 0 bridgehead atoms. The Kier molecular flexibility index (Phi) is 4.58. The molecular weight excluding hydrogens is 293 g/mol. The molecule has 2 rings (SSSR count). The van der Waals surface area contributed by atoms with Crippen LogP contribution in [0, 0.1) is 0 Å². The summed E-state index contributed by atoms with van der Waals surface area (Å²) in [4.78, 5) is 0. The standard InChI is InChI=1S/C17H17F3O2/c1-16(21-2,22-3)13-10-8-12(9-11-13)14-6-4-5-7-15(14)17(18,19)20/h4-11H,1-3H3. The third kappa shape index (κ3) is 3.15. The van der Waals surface area contributed by atoms with Crippen LogP contribution in [0.1, 0.15) is 18.1 Å². The van der Waals surface area contributed by atoms with Gasteiger partial charge >= 0.3 is 6.18 Å². The lowest BCUT2D eigenvalue weighted by Crippen LogP contribution is -2.26. The molecule has 0 aliphatic heterocycles. The Balaban J connectivity index is 2.45. The number of ether oxygens (including phenoxy) is 2. The molecule has 2 aromatic rings. The van der Waals surface area contributed by atoms with Gasteiger partial charge in [0.05, 0.1) is 5.56 Å². The van der Waals surface area contributed by atoms with E-state index in [4.69, 9.17) is 9.47 Å². The molecule has 0 N–H and O–H groups in total. The number of methoxy groups -OCH3 is 2. The molecular formula is C17H17F3O2. The van der Waals surface area contributed by atoms with E-state index in [2.05, 4.69) is 0 Å². The van der Waals surface area contributed by atoms with Crippen LogP contribution < -0.4 is 0 Å². The van der Waals surface area contributed by atoms with Crippen LogP contribution in [0.2, 0.25) is 0 Å². The smallest absolute Gasteiger partial charge is 0.349 e. The molecule has 0 aliphatic rings. The number of alkyl halides is 3. The minimum absolute atomic E-state index is 0.151. The summed E-state index contributed by atoms with van der Waals surface area (Å²) in [5.74, 6) is -0.928. The van der Waals surface area contributed by atoms with Crippen LogP contribution in [0.4, 0.5) is 13.2 Å². The van der Waals surface area contributed by atoms with Gasteiger partial charge in [0, 0.05) is 19.8 Å². The van der Waals surface area contributed by atoms with E-state index in [9.17, 15) is 13.2 Å². The second kappa shape index (κ2) is 6.10. The summed E-state index contributed by atoms with van der Waals surface area (Å²) in [6, 6.07) is 12.2. The van der Waals surface area contributed by atoms with Gasteiger partial charge in [0.25, 0.3) is 0 Å². The van der Waals surface area contributed by atoms with Crippen molar-refractivity contribution in [2.24, 2.45) is 0 Å². The Labute approximate surface area is 127 Å². The van der Waals surface area contributed by atoms with Crippen LogP contribution in [-0.4, -0.2) is 14.2 Å². The molecule has 0 atom stereocenters. The molecule has 0 saturated heterocycles. The lowest BCUT2D eigenvalue weighted by molar-refractivity contribution is -0.201. The zero-order valence-corrected chi connectivity index (χ0v) is 12.6. The van der Waals surface area contributed by atoms with Crippen LogP contribution in [0.15, 0.2) is 48.5 Å². The molecule has 0 radical (unpaired) electrons. The molecule has 0 saturated carbocycles. The van der Waals surface area contributed by atoms with Crippen molar-refractivity contribution in [1.82, 2.24) is 0 Å². The first-order valence-corrected chi connectivity index (χ1v) is 6.69. The fourth-order valence-corrected chi connectivity index (χ4v) is 2.25. The van der Waals surface area contributed by atoms with Gasteiger partial charge in [0.2, 0.25) is 0 Å². The molecule has 22 heavy (non-hydrogen) atoms. The summed E-state index contributed by atoms with van der Waals surface area (Å²) in [6.45, 7) is 1.74. The molecule has 2 aromatic carbocycles. The van der Waals surface area contributed by atoms with Gasteiger partial charge in [-0.15, -0.1) is 0 Å². The van der Waals surface area contributed by atoms with E-state index in [0.717, 1.165) is 11.6 Å². The van der Waals surface area contributed by atoms with Gasteiger partial charge in [-0.1, -0.05) is 42.5 Å².